The van der Waals surface area contributed by atoms with Crippen molar-refractivity contribution < 1.29 is 13.2 Å². The summed E-state index contributed by atoms with van der Waals surface area (Å²) >= 11 is 6.10. The van der Waals surface area contributed by atoms with E-state index >= 15 is 0 Å². The molecule has 0 saturated heterocycles. The molecule has 1 aliphatic heterocycles. The summed E-state index contributed by atoms with van der Waals surface area (Å²) in [7, 11) is -3.75. The standard InChI is InChI=1S/C17H17ClN2O3S/c1-11-3-5-16(15(18)9-11)19-24(22,23)14-4-6-17-13(10-14)7-8-20(17)12(2)21/h3-6,9-10,19H,7-8H2,1-2H3. The molecule has 0 aliphatic carbocycles. The van der Waals surface area contributed by atoms with Crippen molar-refractivity contribution in [1.82, 2.24) is 0 Å². The highest BCUT2D eigenvalue weighted by Crippen LogP contribution is 2.31. The highest BCUT2D eigenvalue weighted by atomic mass is 35.5. The molecule has 1 aliphatic rings. The van der Waals surface area contributed by atoms with Crippen LogP contribution < -0.4 is 9.62 Å². The number of hydrogen-bond acceptors (Lipinski definition) is 3. The molecule has 126 valence electrons. The van der Waals surface area contributed by atoms with Crippen LogP contribution in [0.1, 0.15) is 18.1 Å². The topological polar surface area (TPSA) is 66.5 Å². The van der Waals surface area contributed by atoms with E-state index in [0.29, 0.717) is 23.7 Å². The zero-order valence-corrected chi connectivity index (χ0v) is 14.9. The molecule has 0 radical (unpaired) electrons. The first-order valence-corrected chi connectivity index (χ1v) is 9.34. The van der Waals surface area contributed by atoms with Gasteiger partial charge in [0.25, 0.3) is 10.0 Å². The van der Waals surface area contributed by atoms with Gasteiger partial charge >= 0.3 is 0 Å². The summed E-state index contributed by atoms with van der Waals surface area (Å²) in [5.41, 5.74) is 2.91. The molecule has 0 spiro atoms. The van der Waals surface area contributed by atoms with Crippen LogP contribution in [0, 0.1) is 6.92 Å². The number of fused-ring (bicyclic) bond motifs is 1. The summed E-state index contributed by atoms with van der Waals surface area (Å²) in [6, 6.07) is 9.92. The number of amides is 1. The number of benzene rings is 2. The van der Waals surface area contributed by atoms with Crippen LogP contribution >= 0.6 is 11.6 Å². The smallest absolute Gasteiger partial charge is 0.261 e. The predicted molar refractivity (Wildman–Crippen MR) is 95.2 cm³/mol. The van der Waals surface area contributed by atoms with Gasteiger partial charge in [0.1, 0.15) is 0 Å². The van der Waals surface area contributed by atoms with Gasteiger partial charge in [-0.1, -0.05) is 17.7 Å². The predicted octanol–water partition coefficient (Wildman–Crippen LogP) is 3.36. The van der Waals surface area contributed by atoms with Crippen LogP contribution in [-0.4, -0.2) is 20.9 Å². The average Bonchev–Trinajstić information content (AvgIpc) is 2.93. The number of nitrogens with one attached hydrogen (secondary N) is 1. The lowest BCUT2D eigenvalue weighted by Gasteiger charge is -2.15. The molecule has 0 fully saturated rings. The zero-order chi connectivity index (χ0) is 17.5. The summed E-state index contributed by atoms with van der Waals surface area (Å²) in [5, 5.41) is 0.350. The Morgan fingerprint density at radius 2 is 1.96 bits per heavy atom. The number of carbonyl (C=O) groups excluding carboxylic acids is 1. The number of rotatable bonds is 3. The maximum Gasteiger partial charge on any atom is 0.261 e. The fraction of sp³-hybridized carbons (Fsp3) is 0.235. The molecule has 7 heteroatoms. The van der Waals surface area contributed by atoms with Crippen LogP contribution in [0.25, 0.3) is 0 Å². The molecule has 0 atom stereocenters. The van der Waals surface area contributed by atoms with E-state index in [0.717, 1.165) is 16.8 Å². The zero-order valence-electron chi connectivity index (χ0n) is 13.3. The molecule has 0 aromatic heterocycles. The Labute approximate surface area is 146 Å². The maximum atomic E-state index is 12.6. The van der Waals surface area contributed by atoms with E-state index in [2.05, 4.69) is 4.72 Å². The van der Waals surface area contributed by atoms with Gasteiger partial charge < -0.3 is 4.90 Å². The second-order valence-electron chi connectivity index (χ2n) is 5.80. The van der Waals surface area contributed by atoms with Gasteiger partial charge in [0.2, 0.25) is 5.91 Å². The van der Waals surface area contributed by atoms with Gasteiger partial charge in [-0.2, -0.15) is 0 Å². The molecule has 2 aromatic rings. The molecule has 1 N–H and O–H groups in total. The molecule has 1 heterocycles. The summed E-state index contributed by atoms with van der Waals surface area (Å²) in [5.74, 6) is -0.0473. The van der Waals surface area contributed by atoms with E-state index in [9.17, 15) is 13.2 Å². The third-order valence-corrected chi connectivity index (χ3v) is 5.68. The van der Waals surface area contributed by atoms with E-state index in [4.69, 9.17) is 11.6 Å². The Hall–Kier alpha value is -2.05. The number of halogens is 1. The Morgan fingerprint density at radius 3 is 2.62 bits per heavy atom. The minimum atomic E-state index is -3.75. The van der Waals surface area contributed by atoms with E-state index in [1.807, 2.05) is 6.92 Å². The molecule has 5 nitrogen and oxygen atoms in total. The number of hydrogen-bond donors (Lipinski definition) is 1. The molecule has 0 unspecified atom stereocenters. The average molecular weight is 365 g/mol. The van der Waals surface area contributed by atoms with Gasteiger partial charge in [0.15, 0.2) is 0 Å². The Morgan fingerprint density at radius 1 is 1.21 bits per heavy atom. The van der Waals surface area contributed by atoms with E-state index < -0.39 is 10.0 Å². The van der Waals surface area contributed by atoms with Crippen molar-refractivity contribution in [2.24, 2.45) is 0 Å². The molecule has 0 saturated carbocycles. The Balaban J connectivity index is 1.92. The monoisotopic (exact) mass is 364 g/mol. The number of anilines is 2. The third kappa shape index (κ3) is 3.12. The van der Waals surface area contributed by atoms with Gasteiger partial charge in [-0.05, 0) is 54.8 Å². The van der Waals surface area contributed by atoms with Gasteiger partial charge in [0, 0.05) is 19.2 Å². The Kier molecular flexibility index (Phi) is 4.27. The summed E-state index contributed by atoms with van der Waals surface area (Å²) in [4.78, 5) is 13.4. The fourth-order valence-corrected chi connectivity index (χ4v) is 4.25. The van der Waals surface area contributed by atoms with Crippen LogP contribution in [-0.2, 0) is 21.2 Å². The van der Waals surface area contributed by atoms with E-state index in [1.54, 1.807) is 35.2 Å². The number of nitrogens with zero attached hydrogens (tertiary/aromatic N) is 1. The van der Waals surface area contributed by atoms with Crippen LogP contribution in [0.2, 0.25) is 5.02 Å². The normalized spacial score (nSPS) is 13.7. The van der Waals surface area contributed by atoms with Gasteiger partial charge in [-0.3, -0.25) is 9.52 Å². The fourth-order valence-electron chi connectivity index (χ4n) is 2.78. The van der Waals surface area contributed by atoms with Crippen LogP contribution in [0.3, 0.4) is 0 Å². The van der Waals surface area contributed by atoms with Crippen molar-refractivity contribution in [3.63, 3.8) is 0 Å². The quantitative estimate of drug-likeness (QED) is 0.908. The lowest BCUT2D eigenvalue weighted by Crippen LogP contribution is -2.25. The van der Waals surface area contributed by atoms with E-state index in [-0.39, 0.29) is 10.8 Å². The van der Waals surface area contributed by atoms with E-state index in [1.165, 1.54) is 13.0 Å². The lowest BCUT2D eigenvalue weighted by atomic mass is 10.2. The van der Waals surface area contributed by atoms with Crippen LogP contribution in [0.5, 0.6) is 0 Å². The Bertz CT molecular complexity index is 925. The van der Waals surface area contributed by atoms with Crippen molar-refractivity contribution in [3.05, 3.63) is 52.5 Å². The molecule has 0 bridgehead atoms. The van der Waals surface area contributed by atoms with Crippen molar-refractivity contribution in [2.75, 3.05) is 16.2 Å². The van der Waals surface area contributed by atoms with Crippen molar-refractivity contribution in [3.8, 4) is 0 Å². The second kappa shape index (κ2) is 6.11. The van der Waals surface area contributed by atoms with Gasteiger partial charge in [-0.25, -0.2) is 8.42 Å². The minimum absolute atomic E-state index is 0.0473. The maximum absolute atomic E-state index is 12.6. The molecular weight excluding hydrogens is 348 g/mol. The minimum Gasteiger partial charge on any atom is -0.312 e. The first-order chi connectivity index (χ1) is 11.3. The number of sulfonamides is 1. The highest BCUT2D eigenvalue weighted by molar-refractivity contribution is 7.92. The van der Waals surface area contributed by atoms with Crippen molar-refractivity contribution in [2.45, 2.75) is 25.2 Å². The summed E-state index contributed by atoms with van der Waals surface area (Å²) in [6.07, 6.45) is 0.642. The first kappa shape index (κ1) is 16.8. The highest BCUT2D eigenvalue weighted by Gasteiger charge is 2.25. The lowest BCUT2D eigenvalue weighted by molar-refractivity contribution is -0.116. The first-order valence-electron chi connectivity index (χ1n) is 7.48. The SMILES string of the molecule is CC(=O)N1CCc2cc(S(=O)(=O)Nc3ccc(C)cc3Cl)ccc21. The largest absolute Gasteiger partial charge is 0.312 e. The van der Waals surface area contributed by atoms with Gasteiger partial charge in [0.05, 0.1) is 15.6 Å². The molecule has 1 amide bonds. The molecule has 24 heavy (non-hydrogen) atoms. The van der Waals surface area contributed by atoms with Crippen molar-refractivity contribution in [1.29, 1.82) is 0 Å². The molecule has 3 rings (SSSR count). The number of carbonyl (C=O) groups is 1. The summed E-state index contributed by atoms with van der Waals surface area (Å²) in [6.45, 7) is 3.96. The van der Waals surface area contributed by atoms with Crippen LogP contribution in [0.15, 0.2) is 41.3 Å². The third-order valence-electron chi connectivity index (χ3n) is 4.01. The van der Waals surface area contributed by atoms with Gasteiger partial charge in [-0.15, -0.1) is 0 Å². The number of aryl methyl sites for hydroxylation is 1. The molecular formula is C17H17ClN2O3S. The van der Waals surface area contributed by atoms with Crippen molar-refractivity contribution >= 4 is 38.9 Å². The second-order valence-corrected chi connectivity index (χ2v) is 7.89. The van der Waals surface area contributed by atoms with Crippen LogP contribution in [0.4, 0.5) is 11.4 Å². The summed E-state index contributed by atoms with van der Waals surface area (Å²) < 4.78 is 27.7. The molecule has 2 aromatic carbocycles.